The number of nitrogens with zero attached hydrogens (tertiary/aromatic N) is 4. The number of hydrogen-bond donors (Lipinski definition) is 1. The van der Waals surface area contributed by atoms with Crippen LogP contribution in [0.15, 0.2) is 12.1 Å². The van der Waals surface area contributed by atoms with Crippen LogP contribution in [0.1, 0.15) is 29.4 Å². The Morgan fingerprint density at radius 1 is 1.25 bits per heavy atom. The third kappa shape index (κ3) is 3.54. The fourth-order valence-electron chi connectivity index (χ4n) is 2.16. The van der Waals surface area contributed by atoms with E-state index in [4.69, 9.17) is 4.74 Å². The van der Waals surface area contributed by atoms with Gasteiger partial charge in [-0.15, -0.1) is 10.2 Å². The summed E-state index contributed by atoms with van der Waals surface area (Å²) < 4.78 is 5.83. The highest BCUT2D eigenvalue weighted by Crippen LogP contribution is 2.25. The predicted molar refractivity (Wildman–Crippen MR) is 76.4 cm³/mol. The first kappa shape index (κ1) is 14.5. The van der Waals surface area contributed by atoms with Crippen LogP contribution >= 0.6 is 0 Å². The SMILES string of the molecule is CCNCc1cc(C)c(OCc2nnn(C)n2)c(C)c1. The molecule has 0 fully saturated rings. The molecule has 2 aromatic rings. The molecule has 6 heteroatoms. The Hall–Kier alpha value is -1.95. The van der Waals surface area contributed by atoms with Gasteiger partial charge in [-0.3, -0.25) is 0 Å². The largest absolute Gasteiger partial charge is 0.485 e. The lowest BCUT2D eigenvalue weighted by molar-refractivity contribution is 0.291. The van der Waals surface area contributed by atoms with Crippen molar-refractivity contribution in [2.24, 2.45) is 7.05 Å². The minimum absolute atomic E-state index is 0.335. The van der Waals surface area contributed by atoms with Crippen LogP contribution in [-0.2, 0) is 20.2 Å². The van der Waals surface area contributed by atoms with Gasteiger partial charge in [0.25, 0.3) is 0 Å². The molecular weight excluding hydrogens is 254 g/mol. The minimum Gasteiger partial charge on any atom is -0.485 e. The van der Waals surface area contributed by atoms with Gasteiger partial charge in [0.05, 0.1) is 7.05 Å². The van der Waals surface area contributed by atoms with Crippen LogP contribution in [0.3, 0.4) is 0 Å². The molecule has 20 heavy (non-hydrogen) atoms. The Morgan fingerprint density at radius 2 is 1.95 bits per heavy atom. The summed E-state index contributed by atoms with van der Waals surface area (Å²) in [5.41, 5.74) is 3.52. The van der Waals surface area contributed by atoms with Crippen LogP contribution in [0.2, 0.25) is 0 Å². The van der Waals surface area contributed by atoms with Crippen molar-refractivity contribution in [3.63, 3.8) is 0 Å². The van der Waals surface area contributed by atoms with Crippen LogP contribution in [0, 0.1) is 13.8 Å². The molecule has 0 spiro atoms. The molecule has 2 rings (SSSR count). The molecule has 0 amide bonds. The third-order valence-corrected chi connectivity index (χ3v) is 2.99. The van der Waals surface area contributed by atoms with Gasteiger partial charge >= 0.3 is 0 Å². The van der Waals surface area contributed by atoms with Crippen molar-refractivity contribution in [3.05, 3.63) is 34.6 Å². The van der Waals surface area contributed by atoms with E-state index in [0.717, 1.165) is 30.0 Å². The molecule has 1 heterocycles. The molecule has 0 unspecified atom stereocenters. The lowest BCUT2D eigenvalue weighted by Crippen LogP contribution is -2.12. The van der Waals surface area contributed by atoms with Gasteiger partial charge in [-0.25, -0.2) is 0 Å². The van der Waals surface area contributed by atoms with E-state index < -0.39 is 0 Å². The maximum absolute atomic E-state index is 5.83. The first-order valence-corrected chi connectivity index (χ1v) is 6.76. The normalized spacial score (nSPS) is 10.8. The van der Waals surface area contributed by atoms with E-state index in [-0.39, 0.29) is 0 Å². The van der Waals surface area contributed by atoms with Gasteiger partial charge in [0.1, 0.15) is 5.75 Å². The second-order valence-corrected chi connectivity index (χ2v) is 4.82. The van der Waals surface area contributed by atoms with Crippen molar-refractivity contribution < 1.29 is 4.74 Å². The van der Waals surface area contributed by atoms with Crippen LogP contribution in [0.5, 0.6) is 5.75 Å². The highest BCUT2D eigenvalue weighted by atomic mass is 16.5. The third-order valence-electron chi connectivity index (χ3n) is 2.99. The van der Waals surface area contributed by atoms with E-state index in [1.165, 1.54) is 10.4 Å². The lowest BCUT2D eigenvalue weighted by atomic mass is 10.1. The second-order valence-electron chi connectivity index (χ2n) is 4.82. The summed E-state index contributed by atoms with van der Waals surface area (Å²) in [5, 5.41) is 15.1. The molecule has 0 saturated carbocycles. The molecule has 1 N–H and O–H groups in total. The highest BCUT2D eigenvalue weighted by Gasteiger charge is 2.08. The van der Waals surface area contributed by atoms with Crippen molar-refractivity contribution in [1.82, 2.24) is 25.5 Å². The quantitative estimate of drug-likeness (QED) is 0.866. The highest BCUT2D eigenvalue weighted by molar-refractivity contribution is 5.43. The first-order valence-electron chi connectivity index (χ1n) is 6.76. The predicted octanol–water partition coefficient (Wildman–Crippen LogP) is 1.52. The monoisotopic (exact) mass is 275 g/mol. The molecule has 0 radical (unpaired) electrons. The van der Waals surface area contributed by atoms with Gasteiger partial charge in [-0.1, -0.05) is 19.1 Å². The molecule has 6 nitrogen and oxygen atoms in total. The van der Waals surface area contributed by atoms with Crippen LogP contribution in [0.25, 0.3) is 0 Å². The number of hydrogen-bond acceptors (Lipinski definition) is 5. The number of tetrazole rings is 1. The standard InChI is InChI=1S/C14H21N5O/c1-5-15-8-12-6-10(2)14(11(3)7-12)20-9-13-16-18-19(4)17-13/h6-7,15H,5,8-9H2,1-4H3. The van der Waals surface area contributed by atoms with E-state index in [9.17, 15) is 0 Å². The second kappa shape index (κ2) is 6.47. The molecule has 0 aliphatic heterocycles. The van der Waals surface area contributed by atoms with E-state index in [2.05, 4.69) is 53.6 Å². The van der Waals surface area contributed by atoms with Gasteiger partial charge in [-0.05, 0) is 42.3 Å². The molecule has 1 aromatic carbocycles. The average Bonchev–Trinajstić information content (AvgIpc) is 2.81. The van der Waals surface area contributed by atoms with Gasteiger partial charge in [0.15, 0.2) is 6.61 Å². The van der Waals surface area contributed by atoms with Crippen LogP contribution < -0.4 is 10.1 Å². The smallest absolute Gasteiger partial charge is 0.212 e. The maximum atomic E-state index is 5.83. The Kier molecular flexibility index (Phi) is 4.68. The van der Waals surface area contributed by atoms with Crippen molar-refractivity contribution in [1.29, 1.82) is 0 Å². The van der Waals surface area contributed by atoms with Crippen LogP contribution in [0.4, 0.5) is 0 Å². The van der Waals surface area contributed by atoms with Gasteiger partial charge in [0, 0.05) is 6.54 Å². The van der Waals surface area contributed by atoms with Gasteiger partial charge < -0.3 is 10.1 Å². The van der Waals surface area contributed by atoms with Crippen molar-refractivity contribution in [2.75, 3.05) is 6.54 Å². The van der Waals surface area contributed by atoms with Crippen molar-refractivity contribution >= 4 is 0 Å². The fraction of sp³-hybridized carbons (Fsp3) is 0.500. The van der Waals surface area contributed by atoms with E-state index >= 15 is 0 Å². The Labute approximate surface area is 119 Å². The minimum atomic E-state index is 0.335. The molecule has 0 saturated heterocycles. The average molecular weight is 275 g/mol. The first-order chi connectivity index (χ1) is 9.60. The summed E-state index contributed by atoms with van der Waals surface area (Å²) in [6.45, 7) is 8.40. The fourth-order valence-corrected chi connectivity index (χ4v) is 2.16. The summed E-state index contributed by atoms with van der Waals surface area (Å²) in [7, 11) is 1.74. The molecular formula is C14H21N5O. The zero-order valence-corrected chi connectivity index (χ0v) is 12.5. The maximum Gasteiger partial charge on any atom is 0.212 e. The Bertz CT molecular complexity index is 556. The summed E-state index contributed by atoms with van der Waals surface area (Å²) in [5.74, 6) is 1.49. The number of ether oxygens (including phenoxy) is 1. The zero-order valence-electron chi connectivity index (χ0n) is 12.5. The summed E-state index contributed by atoms with van der Waals surface area (Å²) in [4.78, 5) is 1.43. The lowest BCUT2D eigenvalue weighted by Gasteiger charge is -2.13. The summed E-state index contributed by atoms with van der Waals surface area (Å²) in [6, 6.07) is 4.30. The van der Waals surface area contributed by atoms with E-state index in [1.54, 1.807) is 7.05 Å². The number of aromatic nitrogens is 4. The topological polar surface area (TPSA) is 64.9 Å². The van der Waals surface area contributed by atoms with Crippen molar-refractivity contribution in [3.8, 4) is 5.75 Å². The Morgan fingerprint density at radius 3 is 2.50 bits per heavy atom. The molecule has 0 atom stereocenters. The van der Waals surface area contributed by atoms with Crippen molar-refractivity contribution in [2.45, 2.75) is 33.9 Å². The van der Waals surface area contributed by atoms with E-state index in [1.807, 2.05) is 0 Å². The van der Waals surface area contributed by atoms with E-state index in [0.29, 0.717) is 12.4 Å². The Balaban J connectivity index is 2.07. The summed E-state index contributed by atoms with van der Waals surface area (Å²) >= 11 is 0. The zero-order chi connectivity index (χ0) is 14.5. The number of aryl methyl sites for hydroxylation is 3. The van der Waals surface area contributed by atoms with Crippen LogP contribution in [-0.4, -0.2) is 26.8 Å². The number of benzene rings is 1. The number of rotatable bonds is 6. The van der Waals surface area contributed by atoms with Gasteiger partial charge in [-0.2, -0.15) is 4.80 Å². The molecule has 108 valence electrons. The molecule has 0 aliphatic rings. The molecule has 1 aromatic heterocycles. The number of nitrogens with one attached hydrogen (secondary N) is 1. The molecule has 0 aliphatic carbocycles. The molecule has 0 bridgehead atoms. The summed E-state index contributed by atoms with van der Waals surface area (Å²) in [6.07, 6.45) is 0. The van der Waals surface area contributed by atoms with Gasteiger partial charge in [0.2, 0.25) is 5.82 Å².